The summed E-state index contributed by atoms with van der Waals surface area (Å²) in [4.78, 5) is 0. The fourth-order valence-corrected chi connectivity index (χ4v) is 1.05. The van der Waals surface area contributed by atoms with Crippen molar-refractivity contribution in [1.29, 1.82) is 0 Å². The molecule has 0 fully saturated rings. The van der Waals surface area contributed by atoms with Crippen LogP contribution in [0.3, 0.4) is 0 Å². The summed E-state index contributed by atoms with van der Waals surface area (Å²) >= 11 is 0. The molecule has 0 aromatic carbocycles. The largest absolute Gasteiger partial charge is 0.373 e. The molecule has 2 heteroatoms. The van der Waals surface area contributed by atoms with Crippen molar-refractivity contribution in [3.63, 3.8) is 0 Å². The molecular weight excluding hydrogens is 136 g/mol. The molecule has 11 heavy (non-hydrogen) atoms. The second-order valence-corrected chi connectivity index (χ2v) is 3.90. The standard InChI is InChI=1S/C9H16N2/c1-9(2,3)7-4-5-11-8(10)6-7/h4-6,8,11H,10H2,1-3H3. The summed E-state index contributed by atoms with van der Waals surface area (Å²) in [7, 11) is 0. The van der Waals surface area contributed by atoms with E-state index in [1.54, 1.807) is 0 Å². The number of allylic oxidation sites excluding steroid dienone is 2. The van der Waals surface area contributed by atoms with Crippen LogP contribution < -0.4 is 11.1 Å². The average molecular weight is 152 g/mol. The molecular formula is C9H16N2. The van der Waals surface area contributed by atoms with Crippen LogP contribution in [0.15, 0.2) is 23.9 Å². The third kappa shape index (κ3) is 2.09. The van der Waals surface area contributed by atoms with Crippen LogP contribution in [-0.2, 0) is 0 Å². The summed E-state index contributed by atoms with van der Waals surface area (Å²) in [5.74, 6) is 0. The molecule has 3 N–H and O–H groups in total. The van der Waals surface area contributed by atoms with Crippen LogP contribution in [0, 0.1) is 5.41 Å². The molecule has 1 rings (SSSR count). The van der Waals surface area contributed by atoms with Crippen LogP contribution in [0.5, 0.6) is 0 Å². The van der Waals surface area contributed by atoms with Crippen molar-refractivity contribution in [1.82, 2.24) is 5.32 Å². The molecule has 0 radical (unpaired) electrons. The van der Waals surface area contributed by atoms with Crippen molar-refractivity contribution >= 4 is 0 Å². The van der Waals surface area contributed by atoms with Gasteiger partial charge in [0.15, 0.2) is 0 Å². The Bertz CT molecular complexity index is 196. The Labute approximate surface area is 68.2 Å². The number of rotatable bonds is 0. The van der Waals surface area contributed by atoms with E-state index in [4.69, 9.17) is 5.73 Å². The molecule has 1 heterocycles. The highest BCUT2D eigenvalue weighted by atomic mass is 15.0. The SMILES string of the molecule is CC(C)(C)C1=CC(N)NC=C1. The molecule has 1 aliphatic rings. The maximum Gasteiger partial charge on any atom is 0.0936 e. The second kappa shape index (κ2) is 2.70. The van der Waals surface area contributed by atoms with Crippen molar-refractivity contribution in [3.8, 4) is 0 Å². The van der Waals surface area contributed by atoms with Gasteiger partial charge in [-0.15, -0.1) is 0 Å². The van der Waals surface area contributed by atoms with E-state index >= 15 is 0 Å². The van der Waals surface area contributed by atoms with E-state index in [9.17, 15) is 0 Å². The van der Waals surface area contributed by atoms with Gasteiger partial charge in [0.2, 0.25) is 0 Å². The summed E-state index contributed by atoms with van der Waals surface area (Å²) in [5.41, 5.74) is 7.18. The van der Waals surface area contributed by atoms with Crippen LogP contribution in [-0.4, -0.2) is 6.17 Å². The highest BCUT2D eigenvalue weighted by molar-refractivity contribution is 5.28. The summed E-state index contributed by atoms with van der Waals surface area (Å²) in [6, 6.07) is 0. The molecule has 1 atom stereocenters. The molecule has 0 aliphatic carbocycles. The molecule has 1 unspecified atom stereocenters. The second-order valence-electron chi connectivity index (χ2n) is 3.90. The zero-order valence-electron chi connectivity index (χ0n) is 7.39. The fourth-order valence-electron chi connectivity index (χ4n) is 1.05. The summed E-state index contributed by atoms with van der Waals surface area (Å²) < 4.78 is 0. The molecule has 0 amide bonds. The van der Waals surface area contributed by atoms with Gasteiger partial charge in [-0.1, -0.05) is 20.8 Å². The first kappa shape index (κ1) is 8.34. The van der Waals surface area contributed by atoms with E-state index < -0.39 is 0 Å². The van der Waals surface area contributed by atoms with E-state index in [-0.39, 0.29) is 11.6 Å². The van der Waals surface area contributed by atoms with Crippen molar-refractivity contribution in [3.05, 3.63) is 23.9 Å². The zero-order valence-corrected chi connectivity index (χ0v) is 7.39. The fraction of sp³-hybridized carbons (Fsp3) is 0.556. The lowest BCUT2D eigenvalue weighted by Crippen LogP contribution is -2.34. The molecule has 62 valence electrons. The number of nitrogens with one attached hydrogen (secondary N) is 1. The Morgan fingerprint density at radius 1 is 1.45 bits per heavy atom. The van der Waals surface area contributed by atoms with Crippen LogP contribution >= 0.6 is 0 Å². The first-order valence-electron chi connectivity index (χ1n) is 3.90. The lowest BCUT2D eigenvalue weighted by atomic mass is 9.85. The highest BCUT2D eigenvalue weighted by Crippen LogP contribution is 2.27. The maximum atomic E-state index is 5.68. The third-order valence-electron chi connectivity index (χ3n) is 1.78. The van der Waals surface area contributed by atoms with E-state index in [0.717, 1.165) is 0 Å². The van der Waals surface area contributed by atoms with Gasteiger partial charge in [0, 0.05) is 0 Å². The van der Waals surface area contributed by atoms with Crippen molar-refractivity contribution in [2.45, 2.75) is 26.9 Å². The van der Waals surface area contributed by atoms with Crippen molar-refractivity contribution < 1.29 is 0 Å². The van der Waals surface area contributed by atoms with Crippen LogP contribution in [0.4, 0.5) is 0 Å². The van der Waals surface area contributed by atoms with E-state index in [1.807, 2.05) is 6.20 Å². The minimum Gasteiger partial charge on any atom is -0.373 e. The molecule has 0 aromatic heterocycles. The van der Waals surface area contributed by atoms with Gasteiger partial charge in [0.25, 0.3) is 0 Å². The van der Waals surface area contributed by atoms with E-state index in [2.05, 4.69) is 38.2 Å². The van der Waals surface area contributed by atoms with Gasteiger partial charge < -0.3 is 11.1 Å². The third-order valence-corrected chi connectivity index (χ3v) is 1.78. The van der Waals surface area contributed by atoms with E-state index in [0.29, 0.717) is 0 Å². The average Bonchev–Trinajstić information content (AvgIpc) is 1.86. The van der Waals surface area contributed by atoms with Gasteiger partial charge in [-0.25, -0.2) is 0 Å². The number of hydrogen-bond donors (Lipinski definition) is 2. The predicted molar refractivity (Wildman–Crippen MR) is 47.8 cm³/mol. The van der Waals surface area contributed by atoms with Gasteiger partial charge in [0.1, 0.15) is 0 Å². The molecule has 1 aliphatic heterocycles. The zero-order chi connectivity index (χ0) is 8.48. The Kier molecular flexibility index (Phi) is 2.05. The van der Waals surface area contributed by atoms with Gasteiger partial charge in [-0.2, -0.15) is 0 Å². The summed E-state index contributed by atoms with van der Waals surface area (Å²) in [5, 5.41) is 3.00. The number of hydrogen-bond acceptors (Lipinski definition) is 2. The lowest BCUT2D eigenvalue weighted by Gasteiger charge is -2.24. The quantitative estimate of drug-likeness (QED) is 0.550. The highest BCUT2D eigenvalue weighted by Gasteiger charge is 2.16. The molecule has 0 spiro atoms. The monoisotopic (exact) mass is 152 g/mol. The van der Waals surface area contributed by atoms with Crippen molar-refractivity contribution in [2.75, 3.05) is 0 Å². The normalized spacial score (nSPS) is 24.4. The Morgan fingerprint density at radius 2 is 2.09 bits per heavy atom. The first-order chi connectivity index (χ1) is 5.00. The van der Waals surface area contributed by atoms with Gasteiger partial charge in [0.05, 0.1) is 6.17 Å². The Morgan fingerprint density at radius 3 is 2.45 bits per heavy atom. The summed E-state index contributed by atoms with van der Waals surface area (Å²) in [6.45, 7) is 6.55. The van der Waals surface area contributed by atoms with Gasteiger partial charge in [-0.3, -0.25) is 0 Å². The Hall–Kier alpha value is -0.760. The minimum absolute atomic E-state index is 0.0192. The minimum atomic E-state index is -0.0192. The molecule has 0 saturated carbocycles. The van der Waals surface area contributed by atoms with Crippen LogP contribution in [0.1, 0.15) is 20.8 Å². The first-order valence-corrected chi connectivity index (χ1v) is 3.90. The molecule has 0 aromatic rings. The lowest BCUT2D eigenvalue weighted by molar-refractivity contribution is 0.505. The van der Waals surface area contributed by atoms with E-state index in [1.165, 1.54) is 5.57 Å². The summed E-state index contributed by atoms with van der Waals surface area (Å²) in [6.07, 6.45) is 6.02. The molecule has 2 nitrogen and oxygen atoms in total. The van der Waals surface area contributed by atoms with Gasteiger partial charge in [-0.05, 0) is 29.3 Å². The number of dihydropyridines is 1. The predicted octanol–water partition coefficient (Wildman–Crippen LogP) is 1.36. The Balaban J connectivity index is 2.80. The molecule has 0 saturated heterocycles. The van der Waals surface area contributed by atoms with Gasteiger partial charge >= 0.3 is 0 Å². The van der Waals surface area contributed by atoms with Crippen molar-refractivity contribution in [2.24, 2.45) is 11.1 Å². The van der Waals surface area contributed by atoms with Crippen LogP contribution in [0.25, 0.3) is 0 Å². The molecule has 0 bridgehead atoms. The smallest absolute Gasteiger partial charge is 0.0936 e. The number of nitrogens with two attached hydrogens (primary N) is 1. The van der Waals surface area contributed by atoms with Crippen LogP contribution in [0.2, 0.25) is 0 Å². The maximum absolute atomic E-state index is 5.68. The topological polar surface area (TPSA) is 38.0 Å².